The van der Waals surface area contributed by atoms with Crippen LogP contribution in [-0.4, -0.2) is 22.8 Å². The van der Waals surface area contributed by atoms with E-state index in [9.17, 15) is 15.0 Å². The minimum atomic E-state index is -0.361. The quantitative estimate of drug-likeness (QED) is 0.218. The van der Waals surface area contributed by atoms with Gasteiger partial charge in [-0.05, 0) is 57.8 Å². The van der Waals surface area contributed by atoms with Gasteiger partial charge in [-0.1, -0.05) is 61.9 Å². The van der Waals surface area contributed by atoms with Gasteiger partial charge in [-0.25, -0.2) is 4.79 Å². The molecule has 31 heavy (non-hydrogen) atoms. The molecule has 0 amide bonds. The van der Waals surface area contributed by atoms with Crippen LogP contribution in [0.5, 0.6) is 11.5 Å². The maximum absolute atomic E-state index is 11.8. The van der Waals surface area contributed by atoms with E-state index >= 15 is 0 Å². The van der Waals surface area contributed by atoms with Gasteiger partial charge in [0.1, 0.15) is 11.5 Å². The van der Waals surface area contributed by atoms with Crippen molar-refractivity contribution in [3.05, 3.63) is 78.4 Å². The zero-order chi connectivity index (χ0) is 21.8. The molecule has 0 saturated carbocycles. The van der Waals surface area contributed by atoms with E-state index < -0.39 is 0 Å². The van der Waals surface area contributed by atoms with Gasteiger partial charge in [0, 0.05) is 17.2 Å². The lowest BCUT2D eigenvalue weighted by atomic mass is 9.91. The fraction of sp³-hybridized carbons (Fsp3) is 0.148. The third-order valence-corrected chi connectivity index (χ3v) is 5.33. The lowest BCUT2D eigenvalue weighted by Gasteiger charge is -2.14. The lowest BCUT2D eigenvalue weighted by Crippen LogP contribution is -2.01. The van der Waals surface area contributed by atoms with Crippen molar-refractivity contribution in [2.24, 2.45) is 0 Å². The third-order valence-electron chi connectivity index (χ3n) is 5.33. The van der Waals surface area contributed by atoms with Crippen molar-refractivity contribution < 1.29 is 19.7 Å². The van der Waals surface area contributed by atoms with Gasteiger partial charge in [0.15, 0.2) is 0 Å². The molecular formula is C27H24O4. The summed E-state index contributed by atoms with van der Waals surface area (Å²) in [5.41, 5.74) is 2.03. The number of benzene rings is 4. The van der Waals surface area contributed by atoms with E-state index in [2.05, 4.69) is 0 Å². The predicted molar refractivity (Wildman–Crippen MR) is 125 cm³/mol. The molecule has 0 atom stereocenters. The average Bonchev–Trinajstić information content (AvgIpc) is 2.78. The van der Waals surface area contributed by atoms with Crippen LogP contribution in [0.25, 0.3) is 38.7 Å². The van der Waals surface area contributed by atoms with E-state index in [0.717, 1.165) is 39.9 Å². The Labute approximate surface area is 181 Å². The summed E-state index contributed by atoms with van der Waals surface area (Å²) in [4.78, 5) is 11.8. The minimum absolute atomic E-state index is 0.0990. The highest BCUT2D eigenvalue weighted by Gasteiger charge is 2.16. The summed E-state index contributed by atoms with van der Waals surface area (Å²) in [6, 6.07) is 20.4. The second kappa shape index (κ2) is 8.92. The van der Waals surface area contributed by atoms with E-state index in [4.69, 9.17) is 4.74 Å². The topological polar surface area (TPSA) is 66.8 Å². The van der Waals surface area contributed by atoms with Crippen molar-refractivity contribution in [2.45, 2.75) is 19.8 Å². The van der Waals surface area contributed by atoms with Crippen LogP contribution in [0.15, 0.2) is 72.8 Å². The summed E-state index contributed by atoms with van der Waals surface area (Å²) in [6.45, 7) is 2.47. The second-order valence-electron chi connectivity index (χ2n) is 7.48. The Morgan fingerprint density at radius 1 is 0.871 bits per heavy atom. The maximum Gasteiger partial charge on any atom is 0.330 e. The van der Waals surface area contributed by atoms with Crippen molar-refractivity contribution in [3.8, 4) is 22.6 Å². The van der Waals surface area contributed by atoms with Crippen LogP contribution in [0.2, 0.25) is 0 Å². The largest absolute Gasteiger partial charge is 0.507 e. The number of esters is 1. The van der Waals surface area contributed by atoms with Crippen LogP contribution in [0, 0.1) is 0 Å². The SMILES string of the molecule is CCCCOC(=O)C=Cc1ccc2c(-c3c(O)ccc4ccccc34)c(O)ccc2c1. The minimum Gasteiger partial charge on any atom is -0.507 e. The van der Waals surface area contributed by atoms with Crippen LogP contribution in [0.3, 0.4) is 0 Å². The molecule has 4 aromatic rings. The Hall–Kier alpha value is -3.79. The number of hydrogen-bond acceptors (Lipinski definition) is 4. The second-order valence-corrected chi connectivity index (χ2v) is 7.48. The third kappa shape index (κ3) is 4.24. The van der Waals surface area contributed by atoms with E-state index in [0.29, 0.717) is 17.7 Å². The number of rotatable bonds is 6. The monoisotopic (exact) mass is 412 g/mol. The van der Waals surface area contributed by atoms with Gasteiger partial charge < -0.3 is 14.9 Å². The smallest absolute Gasteiger partial charge is 0.330 e. The standard InChI is InChI=1S/C27H24O4/c1-2-3-16-31-25(30)15-9-18-8-12-22-20(17-18)11-14-24(29)27(22)26-21-7-5-4-6-19(21)10-13-23(26)28/h4-15,17,28-29H,2-3,16H2,1H3. The number of unbranched alkanes of at least 4 members (excludes halogenated alkanes) is 1. The molecule has 0 aromatic heterocycles. The molecule has 2 N–H and O–H groups in total. The summed E-state index contributed by atoms with van der Waals surface area (Å²) in [5, 5.41) is 24.9. The van der Waals surface area contributed by atoms with Gasteiger partial charge in [0.25, 0.3) is 0 Å². The Bertz CT molecular complexity index is 1290. The number of ether oxygens (including phenoxy) is 1. The first-order valence-corrected chi connectivity index (χ1v) is 10.4. The van der Waals surface area contributed by atoms with Crippen molar-refractivity contribution in [1.29, 1.82) is 0 Å². The van der Waals surface area contributed by atoms with Crippen molar-refractivity contribution in [1.82, 2.24) is 0 Å². The first-order chi connectivity index (χ1) is 15.1. The molecule has 0 aliphatic rings. The zero-order valence-corrected chi connectivity index (χ0v) is 17.3. The first-order valence-electron chi connectivity index (χ1n) is 10.4. The van der Waals surface area contributed by atoms with Gasteiger partial charge in [-0.15, -0.1) is 0 Å². The molecule has 0 aliphatic carbocycles. The zero-order valence-electron chi connectivity index (χ0n) is 17.3. The molecule has 0 aliphatic heterocycles. The van der Waals surface area contributed by atoms with Crippen LogP contribution in [-0.2, 0) is 9.53 Å². The molecule has 4 heteroatoms. The van der Waals surface area contributed by atoms with Gasteiger partial charge in [0.2, 0.25) is 0 Å². The van der Waals surface area contributed by atoms with Crippen LogP contribution < -0.4 is 0 Å². The molecule has 4 rings (SSSR count). The molecular weight excluding hydrogens is 388 g/mol. The molecule has 0 radical (unpaired) electrons. The summed E-state index contributed by atoms with van der Waals surface area (Å²) < 4.78 is 5.15. The van der Waals surface area contributed by atoms with E-state index in [-0.39, 0.29) is 17.5 Å². The van der Waals surface area contributed by atoms with Crippen molar-refractivity contribution in [3.63, 3.8) is 0 Å². The highest BCUT2D eigenvalue weighted by Crippen LogP contribution is 2.44. The summed E-state index contributed by atoms with van der Waals surface area (Å²) >= 11 is 0. The van der Waals surface area contributed by atoms with Crippen LogP contribution in [0.4, 0.5) is 0 Å². The molecule has 0 bridgehead atoms. The highest BCUT2D eigenvalue weighted by molar-refractivity contribution is 6.09. The first kappa shape index (κ1) is 20.5. The highest BCUT2D eigenvalue weighted by atomic mass is 16.5. The molecule has 0 fully saturated rings. The number of carbonyl (C=O) groups excluding carboxylic acids is 1. The fourth-order valence-electron chi connectivity index (χ4n) is 3.76. The number of phenolic OH excluding ortho intramolecular Hbond substituents is 2. The summed E-state index contributed by atoms with van der Waals surface area (Å²) in [7, 11) is 0. The number of aromatic hydroxyl groups is 2. The van der Waals surface area contributed by atoms with Crippen LogP contribution >= 0.6 is 0 Å². The molecule has 0 spiro atoms. The number of fused-ring (bicyclic) bond motifs is 2. The van der Waals surface area contributed by atoms with Crippen LogP contribution in [0.1, 0.15) is 25.3 Å². The van der Waals surface area contributed by atoms with Gasteiger partial charge in [-0.3, -0.25) is 0 Å². The van der Waals surface area contributed by atoms with Gasteiger partial charge >= 0.3 is 5.97 Å². The molecule has 0 heterocycles. The molecule has 0 unspecified atom stereocenters. The maximum atomic E-state index is 11.8. The molecule has 156 valence electrons. The van der Waals surface area contributed by atoms with Gasteiger partial charge in [-0.2, -0.15) is 0 Å². The lowest BCUT2D eigenvalue weighted by molar-refractivity contribution is -0.137. The number of carbonyl (C=O) groups is 1. The Morgan fingerprint density at radius 3 is 2.29 bits per heavy atom. The van der Waals surface area contributed by atoms with Gasteiger partial charge in [0.05, 0.1) is 6.61 Å². The predicted octanol–water partition coefficient (Wildman–Crippen LogP) is 6.43. The Morgan fingerprint density at radius 2 is 1.55 bits per heavy atom. The van der Waals surface area contributed by atoms with Crippen molar-refractivity contribution >= 4 is 33.6 Å². The fourth-order valence-corrected chi connectivity index (χ4v) is 3.76. The summed E-state index contributed by atoms with van der Waals surface area (Å²) in [6.07, 6.45) is 4.97. The van der Waals surface area contributed by atoms with E-state index in [1.807, 2.05) is 61.5 Å². The average molecular weight is 412 g/mol. The molecule has 4 aromatic carbocycles. The van der Waals surface area contributed by atoms with E-state index in [1.54, 1.807) is 18.2 Å². The normalized spacial score (nSPS) is 11.4. The molecule has 0 saturated heterocycles. The van der Waals surface area contributed by atoms with E-state index in [1.165, 1.54) is 6.08 Å². The molecule has 4 nitrogen and oxygen atoms in total. The Balaban J connectivity index is 1.77. The number of hydrogen-bond donors (Lipinski definition) is 2. The summed E-state index contributed by atoms with van der Waals surface area (Å²) in [5.74, 6) is -0.150. The Kier molecular flexibility index (Phi) is 5.89. The van der Waals surface area contributed by atoms with Crippen molar-refractivity contribution in [2.75, 3.05) is 6.61 Å². The number of phenols is 2.